The van der Waals surface area contributed by atoms with Gasteiger partial charge in [0.15, 0.2) is 0 Å². The van der Waals surface area contributed by atoms with Crippen LogP contribution in [-0.2, 0) is 0 Å². The highest BCUT2D eigenvalue weighted by atomic mass is 19.1. The van der Waals surface area contributed by atoms with Crippen molar-refractivity contribution in [2.24, 2.45) is 0 Å². The van der Waals surface area contributed by atoms with Crippen LogP contribution in [0, 0.1) is 5.82 Å². The van der Waals surface area contributed by atoms with E-state index in [0.717, 1.165) is 19.5 Å². The Hall–Kier alpha value is -1.42. The summed E-state index contributed by atoms with van der Waals surface area (Å²) in [4.78, 5) is 11.6. The van der Waals surface area contributed by atoms with Gasteiger partial charge in [0.25, 0.3) is 5.91 Å². The van der Waals surface area contributed by atoms with Crippen LogP contribution in [0.4, 0.5) is 4.39 Å². The first-order valence-corrected chi connectivity index (χ1v) is 5.03. The predicted octanol–water partition coefficient (Wildman–Crippen LogP) is 0.917. The molecule has 1 aromatic rings. The lowest BCUT2D eigenvalue weighted by molar-refractivity contribution is 0.0939. The van der Waals surface area contributed by atoms with Gasteiger partial charge in [-0.1, -0.05) is 6.07 Å². The minimum atomic E-state index is -0.382. The van der Waals surface area contributed by atoms with Crippen molar-refractivity contribution in [1.82, 2.24) is 10.6 Å². The Labute approximate surface area is 87.7 Å². The number of carbonyl (C=O) groups is 1. The lowest BCUT2D eigenvalue weighted by Gasteiger charge is -2.10. The molecule has 0 bridgehead atoms. The molecule has 0 unspecified atom stereocenters. The molecule has 1 fully saturated rings. The third kappa shape index (κ3) is 2.53. The standard InChI is InChI=1S/C11H13FN2O/c12-9-3-1-2-8(6-9)11(15)14-10-4-5-13-7-10/h1-3,6,10,13H,4-5,7H2,(H,14,15)/t10-/m0/s1. The van der Waals surface area contributed by atoms with Crippen molar-refractivity contribution in [3.05, 3.63) is 35.6 Å². The third-order valence-electron chi connectivity index (χ3n) is 2.48. The van der Waals surface area contributed by atoms with Gasteiger partial charge in [0.05, 0.1) is 0 Å². The molecule has 1 saturated heterocycles. The summed E-state index contributed by atoms with van der Waals surface area (Å²) in [7, 11) is 0. The van der Waals surface area contributed by atoms with E-state index in [1.165, 1.54) is 18.2 Å². The van der Waals surface area contributed by atoms with Gasteiger partial charge in [0.1, 0.15) is 5.82 Å². The molecule has 1 amide bonds. The summed E-state index contributed by atoms with van der Waals surface area (Å²) in [5.74, 6) is -0.588. The molecule has 0 aliphatic carbocycles. The van der Waals surface area contributed by atoms with Crippen LogP contribution in [0.2, 0.25) is 0 Å². The molecule has 80 valence electrons. The number of carbonyl (C=O) groups excluding carboxylic acids is 1. The van der Waals surface area contributed by atoms with Gasteiger partial charge in [0.2, 0.25) is 0 Å². The molecular formula is C11H13FN2O. The summed E-state index contributed by atoms with van der Waals surface area (Å²) < 4.78 is 12.8. The number of hydrogen-bond donors (Lipinski definition) is 2. The average molecular weight is 208 g/mol. The molecule has 0 radical (unpaired) electrons. The van der Waals surface area contributed by atoms with E-state index >= 15 is 0 Å². The van der Waals surface area contributed by atoms with E-state index in [9.17, 15) is 9.18 Å². The molecule has 0 saturated carbocycles. The van der Waals surface area contributed by atoms with Crippen molar-refractivity contribution in [2.45, 2.75) is 12.5 Å². The molecule has 2 N–H and O–H groups in total. The third-order valence-corrected chi connectivity index (χ3v) is 2.48. The molecule has 3 nitrogen and oxygen atoms in total. The highest BCUT2D eigenvalue weighted by molar-refractivity contribution is 5.94. The van der Waals surface area contributed by atoms with E-state index in [1.54, 1.807) is 6.07 Å². The maximum atomic E-state index is 12.8. The molecule has 0 aromatic heterocycles. The summed E-state index contributed by atoms with van der Waals surface area (Å²) >= 11 is 0. The van der Waals surface area contributed by atoms with Crippen molar-refractivity contribution in [3.63, 3.8) is 0 Å². The lowest BCUT2D eigenvalue weighted by Crippen LogP contribution is -2.36. The topological polar surface area (TPSA) is 41.1 Å². The Kier molecular flexibility index (Phi) is 2.97. The van der Waals surface area contributed by atoms with E-state index in [-0.39, 0.29) is 17.8 Å². The van der Waals surface area contributed by atoms with Gasteiger partial charge in [-0.25, -0.2) is 4.39 Å². The summed E-state index contributed by atoms with van der Waals surface area (Å²) in [5.41, 5.74) is 0.377. The first kappa shape index (κ1) is 10.1. The van der Waals surface area contributed by atoms with Gasteiger partial charge in [-0.3, -0.25) is 4.79 Å². The van der Waals surface area contributed by atoms with Gasteiger partial charge >= 0.3 is 0 Å². The molecular weight excluding hydrogens is 195 g/mol. The van der Waals surface area contributed by atoms with Crippen molar-refractivity contribution >= 4 is 5.91 Å². The fourth-order valence-electron chi connectivity index (χ4n) is 1.68. The van der Waals surface area contributed by atoms with E-state index < -0.39 is 0 Å². The molecule has 0 spiro atoms. The fraction of sp³-hybridized carbons (Fsp3) is 0.364. The smallest absolute Gasteiger partial charge is 0.251 e. The predicted molar refractivity (Wildman–Crippen MR) is 55.1 cm³/mol. The molecule has 1 atom stereocenters. The second-order valence-corrected chi connectivity index (χ2v) is 3.67. The van der Waals surface area contributed by atoms with Gasteiger partial charge in [-0.2, -0.15) is 0 Å². The highest BCUT2D eigenvalue weighted by Gasteiger charge is 2.17. The van der Waals surface area contributed by atoms with Gasteiger partial charge < -0.3 is 10.6 Å². The summed E-state index contributed by atoms with van der Waals surface area (Å²) in [5, 5.41) is 6.01. The van der Waals surface area contributed by atoms with Crippen molar-refractivity contribution in [1.29, 1.82) is 0 Å². The minimum absolute atomic E-state index is 0.167. The molecule has 15 heavy (non-hydrogen) atoms. The first-order valence-electron chi connectivity index (χ1n) is 5.03. The maximum absolute atomic E-state index is 12.8. The number of rotatable bonds is 2. The normalized spacial score (nSPS) is 20.2. The maximum Gasteiger partial charge on any atom is 0.251 e. The Morgan fingerprint density at radius 2 is 2.40 bits per heavy atom. The second-order valence-electron chi connectivity index (χ2n) is 3.67. The average Bonchev–Trinajstić information content (AvgIpc) is 2.70. The number of benzene rings is 1. The minimum Gasteiger partial charge on any atom is -0.348 e. The van der Waals surface area contributed by atoms with Crippen molar-refractivity contribution in [3.8, 4) is 0 Å². The monoisotopic (exact) mass is 208 g/mol. The molecule has 1 aliphatic heterocycles. The van der Waals surface area contributed by atoms with Crippen LogP contribution < -0.4 is 10.6 Å². The zero-order valence-corrected chi connectivity index (χ0v) is 8.29. The van der Waals surface area contributed by atoms with Crippen LogP contribution in [-0.4, -0.2) is 25.0 Å². The molecule has 1 aromatic carbocycles. The second kappa shape index (κ2) is 4.40. The summed E-state index contributed by atoms with van der Waals surface area (Å²) in [6.45, 7) is 1.72. The van der Waals surface area contributed by atoms with Crippen molar-refractivity contribution in [2.75, 3.05) is 13.1 Å². The number of halogens is 1. The number of hydrogen-bond acceptors (Lipinski definition) is 2. The quantitative estimate of drug-likeness (QED) is 0.758. The van der Waals surface area contributed by atoms with Gasteiger partial charge in [-0.15, -0.1) is 0 Å². The van der Waals surface area contributed by atoms with E-state index in [1.807, 2.05) is 0 Å². The van der Waals surface area contributed by atoms with Gasteiger partial charge in [0, 0.05) is 18.2 Å². The zero-order valence-electron chi connectivity index (χ0n) is 8.29. The van der Waals surface area contributed by atoms with Crippen LogP contribution in [0.25, 0.3) is 0 Å². The molecule has 1 heterocycles. The number of amides is 1. The molecule has 4 heteroatoms. The lowest BCUT2D eigenvalue weighted by atomic mass is 10.2. The Morgan fingerprint density at radius 1 is 1.53 bits per heavy atom. The van der Waals surface area contributed by atoms with E-state index in [2.05, 4.69) is 10.6 Å². The van der Waals surface area contributed by atoms with Crippen molar-refractivity contribution < 1.29 is 9.18 Å². The Bertz CT molecular complexity index is 361. The fourth-order valence-corrected chi connectivity index (χ4v) is 1.68. The van der Waals surface area contributed by atoms with E-state index in [4.69, 9.17) is 0 Å². The first-order chi connectivity index (χ1) is 7.25. The highest BCUT2D eigenvalue weighted by Crippen LogP contribution is 2.05. The SMILES string of the molecule is O=C(N[C@H]1CCNC1)c1cccc(F)c1. The van der Waals surface area contributed by atoms with Crippen LogP contribution in [0.5, 0.6) is 0 Å². The van der Waals surface area contributed by atoms with Crippen LogP contribution in [0.3, 0.4) is 0 Å². The Balaban J connectivity index is 2.01. The Morgan fingerprint density at radius 3 is 3.07 bits per heavy atom. The zero-order chi connectivity index (χ0) is 10.7. The number of nitrogens with one attached hydrogen (secondary N) is 2. The van der Waals surface area contributed by atoms with E-state index in [0.29, 0.717) is 5.56 Å². The van der Waals surface area contributed by atoms with Gasteiger partial charge in [-0.05, 0) is 31.2 Å². The summed E-state index contributed by atoms with van der Waals surface area (Å²) in [6.07, 6.45) is 0.932. The molecule has 1 aliphatic rings. The largest absolute Gasteiger partial charge is 0.348 e. The van der Waals surface area contributed by atoms with Crippen LogP contribution in [0.15, 0.2) is 24.3 Å². The molecule has 2 rings (SSSR count). The summed E-state index contributed by atoms with van der Waals surface area (Å²) in [6, 6.07) is 5.89. The van der Waals surface area contributed by atoms with Crippen LogP contribution >= 0.6 is 0 Å². The van der Waals surface area contributed by atoms with Crippen LogP contribution in [0.1, 0.15) is 16.8 Å².